The fourth-order valence-electron chi connectivity index (χ4n) is 2.68. The zero-order chi connectivity index (χ0) is 16.7. The molecule has 2 atom stereocenters. The fourth-order valence-corrected chi connectivity index (χ4v) is 5.80. The van der Waals surface area contributed by atoms with Crippen LogP contribution in [0.3, 0.4) is 0 Å². The maximum atomic E-state index is 11.9. The first-order valence-corrected chi connectivity index (χ1v) is 10.5. The maximum Gasteiger partial charge on any atom is 0.220 e. The van der Waals surface area contributed by atoms with E-state index >= 15 is 0 Å². The van der Waals surface area contributed by atoms with Crippen LogP contribution in [0.25, 0.3) is 0 Å². The minimum absolute atomic E-state index is 0.0601. The smallest absolute Gasteiger partial charge is 0.220 e. The van der Waals surface area contributed by atoms with E-state index in [0.29, 0.717) is 30.9 Å². The van der Waals surface area contributed by atoms with Gasteiger partial charge in [0.05, 0.1) is 0 Å². The van der Waals surface area contributed by atoms with E-state index in [9.17, 15) is 15.0 Å². The molecule has 1 fully saturated rings. The second kappa shape index (κ2) is 9.33. The Morgan fingerprint density at radius 3 is 3.00 bits per heavy atom. The van der Waals surface area contributed by atoms with E-state index in [-0.39, 0.29) is 17.4 Å². The molecule has 0 radical (unpaired) electrons. The number of rotatable bonds is 8. The van der Waals surface area contributed by atoms with Crippen LogP contribution in [-0.4, -0.2) is 33.7 Å². The van der Waals surface area contributed by atoms with Gasteiger partial charge in [-0.2, -0.15) is 0 Å². The highest BCUT2D eigenvalue weighted by atomic mass is 33.1. The molecule has 2 unspecified atom stereocenters. The van der Waals surface area contributed by atoms with Gasteiger partial charge in [0.2, 0.25) is 5.91 Å². The lowest BCUT2D eigenvalue weighted by atomic mass is 9.98. The van der Waals surface area contributed by atoms with Crippen LogP contribution in [0.15, 0.2) is 18.2 Å². The number of aromatic hydroxyl groups is 2. The first-order chi connectivity index (χ1) is 11.1. The number of para-hydroxylation sites is 1. The second-order valence-corrected chi connectivity index (χ2v) is 8.88. The monoisotopic (exact) mass is 355 g/mol. The van der Waals surface area contributed by atoms with E-state index < -0.39 is 0 Å². The van der Waals surface area contributed by atoms with E-state index in [0.717, 1.165) is 11.7 Å². The summed E-state index contributed by atoms with van der Waals surface area (Å²) in [5.74, 6) is 1.68. The van der Waals surface area contributed by atoms with Crippen LogP contribution >= 0.6 is 21.6 Å². The van der Waals surface area contributed by atoms with Crippen molar-refractivity contribution in [2.24, 2.45) is 5.92 Å². The van der Waals surface area contributed by atoms with Crippen LogP contribution in [0.1, 0.15) is 38.2 Å². The van der Waals surface area contributed by atoms with Crippen LogP contribution in [0.2, 0.25) is 0 Å². The Morgan fingerprint density at radius 1 is 1.43 bits per heavy atom. The maximum absolute atomic E-state index is 11.9. The molecule has 0 bridgehead atoms. The Hall–Kier alpha value is -1.01. The SMILES string of the molecule is CC(CCC(=O)NCCc1cccc(O)c1O)CC1CCSS1. The minimum atomic E-state index is -0.120. The lowest BCUT2D eigenvalue weighted by Crippen LogP contribution is -2.26. The highest BCUT2D eigenvalue weighted by Crippen LogP contribution is 2.40. The Bertz CT molecular complexity index is 519. The number of phenols is 2. The molecule has 0 saturated carbocycles. The normalized spacial score (nSPS) is 18.7. The van der Waals surface area contributed by atoms with Gasteiger partial charge in [-0.25, -0.2) is 0 Å². The zero-order valence-corrected chi connectivity index (χ0v) is 15.1. The number of benzene rings is 1. The van der Waals surface area contributed by atoms with Crippen molar-refractivity contribution in [3.05, 3.63) is 23.8 Å². The van der Waals surface area contributed by atoms with Crippen LogP contribution in [0, 0.1) is 5.92 Å². The molecule has 0 aliphatic carbocycles. The van der Waals surface area contributed by atoms with Gasteiger partial charge >= 0.3 is 0 Å². The van der Waals surface area contributed by atoms with Gasteiger partial charge in [-0.05, 0) is 43.2 Å². The minimum Gasteiger partial charge on any atom is -0.504 e. The molecule has 0 spiro atoms. The van der Waals surface area contributed by atoms with Gasteiger partial charge in [0, 0.05) is 24.0 Å². The molecule has 1 amide bonds. The van der Waals surface area contributed by atoms with E-state index in [1.54, 1.807) is 12.1 Å². The summed E-state index contributed by atoms with van der Waals surface area (Å²) in [5, 5.41) is 22.8. The van der Waals surface area contributed by atoms with Gasteiger partial charge in [-0.3, -0.25) is 4.79 Å². The predicted octanol–water partition coefficient (Wildman–Crippen LogP) is 3.72. The number of hydrogen-bond acceptors (Lipinski definition) is 5. The summed E-state index contributed by atoms with van der Waals surface area (Å²) in [6.07, 6.45) is 4.47. The molecule has 4 nitrogen and oxygen atoms in total. The molecule has 3 N–H and O–H groups in total. The fraction of sp³-hybridized carbons (Fsp3) is 0.588. The molecule has 1 aromatic rings. The number of amides is 1. The number of carbonyl (C=O) groups excluding carboxylic acids is 1. The van der Waals surface area contributed by atoms with Crippen molar-refractivity contribution in [3.8, 4) is 11.5 Å². The molecule has 6 heteroatoms. The molecule has 23 heavy (non-hydrogen) atoms. The number of phenolic OH excluding ortho intramolecular Hbond substituents is 2. The zero-order valence-electron chi connectivity index (χ0n) is 13.5. The van der Waals surface area contributed by atoms with Crippen molar-refractivity contribution >= 4 is 27.5 Å². The van der Waals surface area contributed by atoms with Gasteiger partial charge in [-0.1, -0.05) is 40.6 Å². The van der Waals surface area contributed by atoms with E-state index in [2.05, 4.69) is 12.2 Å². The predicted molar refractivity (Wildman–Crippen MR) is 98.0 cm³/mol. The molecule has 1 aromatic carbocycles. The van der Waals surface area contributed by atoms with Crippen LogP contribution in [0.5, 0.6) is 11.5 Å². The van der Waals surface area contributed by atoms with Crippen molar-refractivity contribution in [2.75, 3.05) is 12.3 Å². The lowest BCUT2D eigenvalue weighted by Gasteiger charge is -2.15. The van der Waals surface area contributed by atoms with Crippen molar-refractivity contribution in [1.29, 1.82) is 0 Å². The van der Waals surface area contributed by atoms with Crippen molar-refractivity contribution in [2.45, 2.75) is 44.3 Å². The summed E-state index contributed by atoms with van der Waals surface area (Å²) in [7, 11) is 3.95. The summed E-state index contributed by atoms with van der Waals surface area (Å²) in [4.78, 5) is 11.9. The summed E-state index contributed by atoms with van der Waals surface area (Å²) in [6.45, 7) is 2.70. The van der Waals surface area contributed by atoms with Crippen LogP contribution in [-0.2, 0) is 11.2 Å². The average Bonchev–Trinajstić information content (AvgIpc) is 3.02. The molecule has 128 valence electrons. The first-order valence-electron chi connectivity index (χ1n) is 8.11. The second-order valence-electron chi connectivity index (χ2n) is 6.09. The Kier molecular flexibility index (Phi) is 7.43. The number of hydrogen-bond donors (Lipinski definition) is 3. The summed E-state index contributed by atoms with van der Waals surface area (Å²) < 4.78 is 0. The van der Waals surface area contributed by atoms with Crippen LogP contribution in [0.4, 0.5) is 0 Å². The van der Waals surface area contributed by atoms with E-state index in [1.807, 2.05) is 21.6 Å². The Labute approximate surface area is 145 Å². The number of nitrogens with one attached hydrogen (secondary N) is 1. The highest BCUT2D eigenvalue weighted by molar-refractivity contribution is 8.77. The summed E-state index contributed by atoms with van der Waals surface area (Å²) in [5.41, 5.74) is 0.648. The Balaban J connectivity index is 1.62. The van der Waals surface area contributed by atoms with Crippen molar-refractivity contribution < 1.29 is 15.0 Å². The topological polar surface area (TPSA) is 69.6 Å². The molecule has 1 aliphatic heterocycles. The first kappa shape index (κ1) is 18.3. The van der Waals surface area contributed by atoms with E-state index in [1.165, 1.54) is 24.7 Å². The van der Waals surface area contributed by atoms with Gasteiger partial charge in [0.1, 0.15) is 0 Å². The standard InChI is InChI=1S/C17H25NO3S2/c1-12(11-14-8-10-22-23-14)5-6-16(20)18-9-7-13-3-2-4-15(19)17(13)21/h2-4,12,14,19,21H,5-11H2,1H3,(H,18,20). The molecule has 1 saturated heterocycles. The third-order valence-electron chi connectivity index (χ3n) is 4.07. The van der Waals surface area contributed by atoms with Crippen molar-refractivity contribution in [1.82, 2.24) is 5.32 Å². The van der Waals surface area contributed by atoms with Gasteiger partial charge in [0.15, 0.2) is 11.5 Å². The van der Waals surface area contributed by atoms with Gasteiger partial charge in [0.25, 0.3) is 0 Å². The molecule has 2 rings (SSSR count). The van der Waals surface area contributed by atoms with Gasteiger partial charge in [-0.15, -0.1) is 0 Å². The molecule has 1 heterocycles. The van der Waals surface area contributed by atoms with Gasteiger partial charge < -0.3 is 15.5 Å². The third-order valence-corrected chi connectivity index (χ3v) is 7.04. The molecule has 0 aromatic heterocycles. The molecular formula is C17H25NO3S2. The largest absolute Gasteiger partial charge is 0.504 e. The Morgan fingerprint density at radius 2 is 2.26 bits per heavy atom. The summed E-state index contributed by atoms with van der Waals surface area (Å²) >= 11 is 0. The lowest BCUT2D eigenvalue weighted by molar-refractivity contribution is -0.121. The highest BCUT2D eigenvalue weighted by Gasteiger charge is 2.19. The average molecular weight is 356 g/mol. The number of carbonyl (C=O) groups is 1. The summed E-state index contributed by atoms with van der Waals surface area (Å²) in [6, 6.07) is 4.88. The molecule has 1 aliphatic rings. The van der Waals surface area contributed by atoms with E-state index in [4.69, 9.17) is 0 Å². The van der Waals surface area contributed by atoms with Crippen molar-refractivity contribution in [3.63, 3.8) is 0 Å². The quantitative estimate of drug-likeness (QED) is 0.490. The van der Waals surface area contributed by atoms with Crippen LogP contribution < -0.4 is 5.32 Å². The third kappa shape index (κ3) is 6.18. The molecular weight excluding hydrogens is 330 g/mol.